The predicted octanol–water partition coefficient (Wildman–Crippen LogP) is 0.295. The van der Waals surface area contributed by atoms with Gasteiger partial charge in [-0.15, -0.1) is 0 Å². The minimum atomic E-state index is -0.995. The fraction of sp³-hybridized carbons (Fsp3) is 0.200. The molecule has 0 aromatic heterocycles. The Labute approximate surface area is 112 Å². The number of carbonyl (C=O) groups excluding carboxylic acids is 2. The lowest BCUT2D eigenvalue weighted by Gasteiger charge is -2.05. The molecule has 2 amide bonds. The number of amides is 2. The van der Waals surface area contributed by atoms with Gasteiger partial charge in [0.2, 0.25) is 0 Å². The van der Waals surface area contributed by atoms with Crippen LogP contribution in [0.3, 0.4) is 0 Å². The van der Waals surface area contributed by atoms with Crippen LogP contribution in [0, 0.1) is 10.1 Å². The number of hydrogen-bond donors (Lipinski definition) is 3. The lowest BCUT2D eigenvalue weighted by molar-refractivity contribution is -0.384. The monoisotopic (exact) mass is 287 g/mol. The number of nitro groups is 1. The number of hydrogen-bond acceptors (Lipinski definition) is 5. The van der Waals surface area contributed by atoms with Crippen molar-refractivity contribution in [3.05, 3.63) is 33.3 Å². The van der Waals surface area contributed by atoms with E-state index in [4.69, 9.17) is 16.7 Å². The second kappa shape index (κ2) is 6.66. The molecule has 0 bridgehead atoms. The van der Waals surface area contributed by atoms with Crippen molar-refractivity contribution in [1.29, 1.82) is 0 Å². The molecule has 0 saturated heterocycles. The Bertz CT molecular complexity index is 520. The molecule has 1 aromatic carbocycles. The number of rotatable bonds is 4. The lowest BCUT2D eigenvalue weighted by Crippen LogP contribution is -2.36. The molecular formula is C10H10ClN3O5. The predicted molar refractivity (Wildman–Crippen MR) is 66.8 cm³/mol. The van der Waals surface area contributed by atoms with Crippen molar-refractivity contribution in [3.63, 3.8) is 0 Å². The molecule has 0 heterocycles. The summed E-state index contributed by atoms with van der Waals surface area (Å²) in [4.78, 5) is 32.5. The molecule has 0 unspecified atom stereocenters. The topological polar surface area (TPSA) is 122 Å². The summed E-state index contributed by atoms with van der Waals surface area (Å²) in [5, 5.41) is 23.4. The SMILES string of the molecule is O=C(NCCO)C(=O)Nc1ccc(Cl)c([N+](=O)[O-])c1. The number of carbonyl (C=O) groups is 2. The molecule has 0 radical (unpaired) electrons. The quantitative estimate of drug-likeness (QED) is 0.417. The summed E-state index contributed by atoms with van der Waals surface area (Å²) in [6, 6.07) is 3.60. The van der Waals surface area contributed by atoms with E-state index in [1.54, 1.807) is 0 Å². The highest BCUT2D eigenvalue weighted by atomic mass is 35.5. The lowest BCUT2D eigenvalue weighted by atomic mass is 10.2. The van der Waals surface area contributed by atoms with Gasteiger partial charge in [-0.05, 0) is 12.1 Å². The standard InChI is InChI=1S/C10H10ClN3O5/c11-7-2-1-6(5-8(7)14(18)19)13-10(17)9(16)12-3-4-15/h1-2,5,15H,3-4H2,(H,12,16)(H,13,17). The average Bonchev–Trinajstić information content (AvgIpc) is 2.37. The van der Waals surface area contributed by atoms with Gasteiger partial charge in [-0.25, -0.2) is 0 Å². The molecule has 1 rings (SSSR count). The van der Waals surface area contributed by atoms with Crippen molar-refractivity contribution < 1.29 is 19.6 Å². The Hall–Kier alpha value is -2.19. The van der Waals surface area contributed by atoms with Crippen LogP contribution in [0.1, 0.15) is 0 Å². The molecule has 0 aliphatic rings. The fourth-order valence-corrected chi connectivity index (χ4v) is 1.35. The van der Waals surface area contributed by atoms with Gasteiger partial charge in [0, 0.05) is 18.3 Å². The number of nitrogens with one attached hydrogen (secondary N) is 2. The molecule has 19 heavy (non-hydrogen) atoms. The van der Waals surface area contributed by atoms with Gasteiger partial charge in [0.05, 0.1) is 11.5 Å². The zero-order valence-corrected chi connectivity index (χ0v) is 10.3. The smallest absolute Gasteiger partial charge is 0.313 e. The van der Waals surface area contributed by atoms with Gasteiger partial charge in [0.15, 0.2) is 0 Å². The van der Waals surface area contributed by atoms with Gasteiger partial charge in [-0.1, -0.05) is 11.6 Å². The fourth-order valence-electron chi connectivity index (χ4n) is 1.17. The van der Waals surface area contributed by atoms with E-state index in [1.807, 2.05) is 0 Å². The van der Waals surface area contributed by atoms with E-state index in [-0.39, 0.29) is 29.5 Å². The minimum absolute atomic E-state index is 0.0625. The second-order valence-electron chi connectivity index (χ2n) is 3.36. The molecule has 0 aliphatic carbocycles. The molecule has 0 aliphatic heterocycles. The van der Waals surface area contributed by atoms with Crippen LogP contribution in [0.2, 0.25) is 5.02 Å². The van der Waals surface area contributed by atoms with E-state index in [9.17, 15) is 19.7 Å². The summed E-state index contributed by atoms with van der Waals surface area (Å²) in [5.41, 5.74) is -0.310. The molecule has 3 N–H and O–H groups in total. The number of halogens is 1. The maximum Gasteiger partial charge on any atom is 0.313 e. The van der Waals surface area contributed by atoms with Crippen molar-refractivity contribution in [2.75, 3.05) is 18.5 Å². The van der Waals surface area contributed by atoms with Crippen LogP contribution in [-0.2, 0) is 9.59 Å². The van der Waals surface area contributed by atoms with Crippen molar-refractivity contribution >= 4 is 34.8 Å². The average molecular weight is 288 g/mol. The Morgan fingerprint density at radius 1 is 1.37 bits per heavy atom. The largest absolute Gasteiger partial charge is 0.395 e. The van der Waals surface area contributed by atoms with Crippen LogP contribution < -0.4 is 10.6 Å². The first-order chi connectivity index (χ1) is 8.95. The zero-order chi connectivity index (χ0) is 14.4. The van der Waals surface area contributed by atoms with Crippen LogP contribution >= 0.6 is 11.6 Å². The summed E-state index contributed by atoms with van der Waals surface area (Å²) in [7, 11) is 0. The second-order valence-corrected chi connectivity index (χ2v) is 3.76. The van der Waals surface area contributed by atoms with Gasteiger partial charge in [-0.3, -0.25) is 19.7 Å². The Balaban J connectivity index is 2.77. The van der Waals surface area contributed by atoms with Crippen molar-refractivity contribution in [2.45, 2.75) is 0 Å². The first-order valence-electron chi connectivity index (χ1n) is 5.09. The first-order valence-corrected chi connectivity index (χ1v) is 5.47. The Morgan fingerprint density at radius 2 is 2.05 bits per heavy atom. The van der Waals surface area contributed by atoms with Crippen molar-refractivity contribution in [2.24, 2.45) is 0 Å². The van der Waals surface area contributed by atoms with Crippen LogP contribution in [0.25, 0.3) is 0 Å². The highest BCUT2D eigenvalue weighted by Gasteiger charge is 2.16. The van der Waals surface area contributed by atoms with Crippen molar-refractivity contribution in [3.8, 4) is 0 Å². The summed E-state index contributed by atoms with van der Waals surface area (Å²) in [6.45, 7) is -0.363. The van der Waals surface area contributed by atoms with Crippen LogP contribution in [0.5, 0.6) is 0 Å². The summed E-state index contributed by atoms with van der Waals surface area (Å²) < 4.78 is 0. The Morgan fingerprint density at radius 3 is 2.63 bits per heavy atom. The van der Waals surface area contributed by atoms with Crippen LogP contribution in [0.4, 0.5) is 11.4 Å². The minimum Gasteiger partial charge on any atom is -0.395 e. The third-order valence-corrected chi connectivity index (χ3v) is 2.32. The van der Waals surface area contributed by atoms with E-state index in [2.05, 4.69) is 10.6 Å². The normalized spacial score (nSPS) is 9.79. The van der Waals surface area contributed by atoms with Crippen molar-refractivity contribution in [1.82, 2.24) is 5.32 Å². The summed E-state index contributed by atoms with van der Waals surface area (Å²) in [5.74, 6) is -1.95. The molecule has 0 saturated carbocycles. The summed E-state index contributed by atoms with van der Waals surface area (Å²) >= 11 is 5.60. The van der Waals surface area contributed by atoms with Gasteiger partial charge in [-0.2, -0.15) is 0 Å². The number of benzene rings is 1. The highest BCUT2D eigenvalue weighted by molar-refractivity contribution is 6.39. The first kappa shape index (κ1) is 14.9. The molecule has 1 aromatic rings. The number of aliphatic hydroxyl groups is 1. The van der Waals surface area contributed by atoms with Gasteiger partial charge < -0.3 is 15.7 Å². The highest BCUT2D eigenvalue weighted by Crippen LogP contribution is 2.27. The number of nitro benzene ring substituents is 1. The molecule has 0 atom stereocenters. The van der Waals surface area contributed by atoms with E-state index in [0.29, 0.717) is 0 Å². The maximum absolute atomic E-state index is 11.4. The van der Waals surface area contributed by atoms with E-state index < -0.39 is 16.7 Å². The van der Waals surface area contributed by atoms with E-state index >= 15 is 0 Å². The molecule has 0 spiro atoms. The van der Waals surface area contributed by atoms with Crippen LogP contribution in [-0.4, -0.2) is 35.0 Å². The number of anilines is 1. The van der Waals surface area contributed by atoms with Gasteiger partial charge in [0.1, 0.15) is 5.02 Å². The summed E-state index contributed by atoms with van der Waals surface area (Å²) in [6.07, 6.45) is 0. The Kier molecular flexibility index (Phi) is 5.22. The van der Waals surface area contributed by atoms with Crippen LogP contribution in [0.15, 0.2) is 18.2 Å². The molecule has 102 valence electrons. The molecule has 9 heteroatoms. The maximum atomic E-state index is 11.4. The van der Waals surface area contributed by atoms with Gasteiger partial charge in [0.25, 0.3) is 5.69 Å². The molecule has 0 fully saturated rings. The number of aliphatic hydroxyl groups excluding tert-OH is 1. The molecular weight excluding hydrogens is 278 g/mol. The molecule has 8 nitrogen and oxygen atoms in total. The number of nitrogens with zero attached hydrogens (tertiary/aromatic N) is 1. The third kappa shape index (κ3) is 4.19. The van der Waals surface area contributed by atoms with E-state index in [1.165, 1.54) is 12.1 Å². The third-order valence-electron chi connectivity index (χ3n) is 2.00. The van der Waals surface area contributed by atoms with Gasteiger partial charge >= 0.3 is 11.8 Å². The zero-order valence-electron chi connectivity index (χ0n) is 9.55. The van der Waals surface area contributed by atoms with E-state index in [0.717, 1.165) is 6.07 Å².